The summed E-state index contributed by atoms with van der Waals surface area (Å²) in [6.45, 7) is 0. The number of nitro benzene ring substituents is 1. The first kappa shape index (κ1) is 23.1. The van der Waals surface area contributed by atoms with Crippen molar-refractivity contribution in [1.82, 2.24) is 4.98 Å². The molecule has 0 aliphatic heterocycles. The summed E-state index contributed by atoms with van der Waals surface area (Å²) in [6.07, 6.45) is 0. The Morgan fingerprint density at radius 1 is 1.15 bits per heavy atom. The Labute approximate surface area is 196 Å². The molecule has 2 N–H and O–H groups in total. The number of halogens is 1. The number of nitrogens with one attached hydrogen (secondary N) is 2. The molecule has 13 heteroatoms. The van der Waals surface area contributed by atoms with E-state index in [0.29, 0.717) is 10.2 Å². The summed E-state index contributed by atoms with van der Waals surface area (Å²) in [6, 6.07) is 12.6. The van der Waals surface area contributed by atoms with Crippen molar-refractivity contribution in [3.63, 3.8) is 0 Å². The molecule has 4 aromatic rings. The van der Waals surface area contributed by atoms with Crippen LogP contribution in [0.1, 0.15) is 10.4 Å². The number of nitrogens with zero attached hydrogens (tertiary/aromatic N) is 2. The number of sulfonamides is 1. The number of aromatic nitrogens is 1. The molecule has 34 heavy (non-hydrogen) atoms. The van der Waals surface area contributed by atoms with Crippen LogP contribution in [0.4, 0.5) is 20.9 Å². The van der Waals surface area contributed by atoms with Crippen molar-refractivity contribution in [3.05, 3.63) is 82.2 Å². The van der Waals surface area contributed by atoms with Gasteiger partial charge in [-0.25, -0.2) is 17.8 Å². The lowest BCUT2D eigenvalue weighted by Crippen LogP contribution is -2.15. The predicted octanol–water partition coefficient (Wildman–Crippen LogP) is 4.41. The highest BCUT2D eigenvalue weighted by molar-refractivity contribution is 7.92. The second kappa shape index (κ2) is 9.03. The summed E-state index contributed by atoms with van der Waals surface area (Å²) in [5.41, 5.74) is 0.441. The first-order valence-corrected chi connectivity index (χ1v) is 11.8. The molecule has 0 atom stereocenters. The van der Waals surface area contributed by atoms with E-state index in [-0.39, 0.29) is 32.7 Å². The fourth-order valence-corrected chi connectivity index (χ4v) is 4.98. The van der Waals surface area contributed by atoms with Gasteiger partial charge in [0.15, 0.2) is 10.9 Å². The van der Waals surface area contributed by atoms with Gasteiger partial charge in [0, 0.05) is 17.3 Å². The molecule has 1 heterocycles. The summed E-state index contributed by atoms with van der Waals surface area (Å²) in [4.78, 5) is 27.4. The molecule has 0 saturated heterocycles. The van der Waals surface area contributed by atoms with Gasteiger partial charge >= 0.3 is 0 Å². The Bertz CT molecular complexity index is 1520. The van der Waals surface area contributed by atoms with Crippen molar-refractivity contribution in [1.29, 1.82) is 0 Å². The molecular weight excluding hydrogens is 487 g/mol. The number of methoxy groups -OCH3 is 1. The van der Waals surface area contributed by atoms with E-state index < -0.39 is 26.7 Å². The van der Waals surface area contributed by atoms with Crippen LogP contribution in [0.2, 0.25) is 0 Å². The second-order valence-electron chi connectivity index (χ2n) is 6.87. The summed E-state index contributed by atoms with van der Waals surface area (Å²) in [7, 11) is -2.64. The fourth-order valence-electron chi connectivity index (χ4n) is 3.02. The molecular formula is C21H15FN4O6S2. The van der Waals surface area contributed by atoms with Gasteiger partial charge in [0.25, 0.3) is 21.6 Å². The zero-order chi connectivity index (χ0) is 24.5. The van der Waals surface area contributed by atoms with E-state index in [1.807, 2.05) is 0 Å². The molecule has 174 valence electrons. The van der Waals surface area contributed by atoms with Crippen molar-refractivity contribution >= 4 is 54.0 Å². The smallest absolute Gasteiger partial charge is 0.274 e. The highest BCUT2D eigenvalue weighted by Gasteiger charge is 2.19. The molecule has 0 radical (unpaired) electrons. The number of non-ortho nitro benzene ring substituents is 1. The van der Waals surface area contributed by atoms with Crippen LogP contribution < -0.4 is 14.8 Å². The third-order valence-electron chi connectivity index (χ3n) is 4.60. The van der Waals surface area contributed by atoms with Crippen molar-refractivity contribution in [3.8, 4) is 5.75 Å². The Kier molecular flexibility index (Phi) is 6.13. The van der Waals surface area contributed by atoms with E-state index in [1.165, 1.54) is 43.5 Å². The molecule has 1 aromatic heterocycles. The number of hydrogen-bond donors (Lipinski definition) is 2. The van der Waals surface area contributed by atoms with Gasteiger partial charge in [0.05, 0.1) is 27.7 Å². The lowest BCUT2D eigenvalue weighted by molar-refractivity contribution is -0.384. The van der Waals surface area contributed by atoms with Gasteiger partial charge in [-0.15, -0.1) is 0 Å². The zero-order valence-corrected chi connectivity index (χ0v) is 18.9. The minimum atomic E-state index is -4.00. The van der Waals surface area contributed by atoms with Crippen LogP contribution in [0.25, 0.3) is 10.2 Å². The average Bonchev–Trinajstić information content (AvgIpc) is 3.20. The van der Waals surface area contributed by atoms with E-state index in [2.05, 4.69) is 15.0 Å². The van der Waals surface area contributed by atoms with Gasteiger partial charge in [-0.2, -0.15) is 0 Å². The minimum absolute atomic E-state index is 0.124. The van der Waals surface area contributed by atoms with Crippen LogP contribution in [0, 0.1) is 15.9 Å². The van der Waals surface area contributed by atoms with Crippen molar-refractivity contribution in [2.45, 2.75) is 4.90 Å². The molecule has 0 aliphatic rings. The fraction of sp³-hybridized carbons (Fsp3) is 0.0476. The Morgan fingerprint density at radius 3 is 2.56 bits per heavy atom. The lowest BCUT2D eigenvalue weighted by Gasteiger charge is -2.09. The molecule has 10 nitrogen and oxygen atoms in total. The number of thiazole rings is 1. The van der Waals surface area contributed by atoms with Crippen LogP contribution in [-0.2, 0) is 10.0 Å². The maximum Gasteiger partial charge on any atom is 0.274 e. The molecule has 4 rings (SSSR count). The largest absolute Gasteiger partial charge is 0.494 e. The Morgan fingerprint density at radius 2 is 1.88 bits per heavy atom. The molecule has 0 spiro atoms. The highest BCUT2D eigenvalue weighted by Crippen LogP contribution is 2.36. The van der Waals surface area contributed by atoms with Crippen molar-refractivity contribution in [2.24, 2.45) is 0 Å². The Hall–Kier alpha value is -4.10. The molecule has 0 bridgehead atoms. The van der Waals surface area contributed by atoms with Crippen molar-refractivity contribution in [2.75, 3.05) is 17.1 Å². The summed E-state index contributed by atoms with van der Waals surface area (Å²) < 4.78 is 46.1. The molecule has 0 fully saturated rings. The third-order valence-corrected chi connectivity index (χ3v) is 6.91. The van der Waals surface area contributed by atoms with E-state index in [4.69, 9.17) is 4.74 Å². The summed E-state index contributed by atoms with van der Waals surface area (Å²) in [5, 5.41) is 13.9. The predicted molar refractivity (Wildman–Crippen MR) is 124 cm³/mol. The number of benzene rings is 3. The number of amides is 1. The van der Waals surface area contributed by atoms with Crippen LogP contribution in [-0.4, -0.2) is 31.3 Å². The number of anilines is 2. The van der Waals surface area contributed by atoms with Crippen LogP contribution in [0.5, 0.6) is 5.75 Å². The maximum atomic E-state index is 13.1. The first-order valence-electron chi connectivity index (χ1n) is 9.49. The molecule has 0 unspecified atom stereocenters. The van der Waals surface area contributed by atoms with E-state index in [9.17, 15) is 27.7 Å². The topological polar surface area (TPSA) is 141 Å². The lowest BCUT2D eigenvalue weighted by atomic mass is 10.2. The Balaban J connectivity index is 1.56. The van der Waals surface area contributed by atoms with E-state index in [1.54, 1.807) is 0 Å². The van der Waals surface area contributed by atoms with Crippen LogP contribution >= 0.6 is 11.3 Å². The number of carbonyl (C=O) groups is 1. The molecule has 0 aliphatic carbocycles. The molecule has 0 saturated carbocycles. The summed E-state index contributed by atoms with van der Waals surface area (Å²) >= 11 is 1.02. The van der Waals surface area contributed by atoms with Crippen LogP contribution in [0.3, 0.4) is 0 Å². The second-order valence-corrected chi connectivity index (χ2v) is 9.58. The number of rotatable bonds is 7. The zero-order valence-electron chi connectivity index (χ0n) is 17.3. The van der Waals surface area contributed by atoms with E-state index >= 15 is 0 Å². The monoisotopic (exact) mass is 502 g/mol. The quantitative estimate of drug-likeness (QED) is 0.282. The van der Waals surface area contributed by atoms with Gasteiger partial charge in [-0.3, -0.25) is 24.9 Å². The van der Waals surface area contributed by atoms with Gasteiger partial charge in [0.1, 0.15) is 11.3 Å². The van der Waals surface area contributed by atoms with Gasteiger partial charge in [-0.05, 0) is 42.5 Å². The first-order chi connectivity index (χ1) is 16.2. The number of carbonyl (C=O) groups excluding carboxylic acids is 1. The maximum absolute atomic E-state index is 13.1. The average molecular weight is 503 g/mol. The number of fused-ring (bicyclic) bond motifs is 1. The molecule has 3 aromatic carbocycles. The molecule has 1 amide bonds. The van der Waals surface area contributed by atoms with Crippen LogP contribution in [0.15, 0.2) is 65.6 Å². The number of hydrogen-bond acceptors (Lipinski definition) is 8. The highest BCUT2D eigenvalue weighted by atomic mass is 32.2. The van der Waals surface area contributed by atoms with Crippen molar-refractivity contribution < 1.29 is 27.3 Å². The minimum Gasteiger partial charge on any atom is -0.494 e. The standard InChI is InChI=1S/C21H15FN4O6S2/c1-32-17-10-15(26(28)29)11-18-19(17)23-21(33-18)24-20(27)12-3-2-4-14(9-12)25-34(30,31)16-7-5-13(22)6-8-16/h2-11,25H,1H3,(H,23,24,27). The number of ether oxygens (including phenoxy) is 1. The number of nitro groups is 1. The summed E-state index contributed by atoms with van der Waals surface area (Å²) in [5.74, 6) is -0.951. The van der Waals surface area contributed by atoms with Gasteiger partial charge in [-0.1, -0.05) is 17.4 Å². The van der Waals surface area contributed by atoms with E-state index in [0.717, 1.165) is 35.6 Å². The van der Waals surface area contributed by atoms with Gasteiger partial charge in [0.2, 0.25) is 0 Å². The normalized spacial score (nSPS) is 11.2. The third kappa shape index (κ3) is 4.79. The SMILES string of the molecule is COc1cc([N+](=O)[O-])cc2sc(NC(=O)c3cccc(NS(=O)(=O)c4ccc(F)cc4)c3)nc12. The van der Waals surface area contributed by atoms with Gasteiger partial charge < -0.3 is 4.74 Å².